The van der Waals surface area contributed by atoms with Crippen LogP contribution in [-0.4, -0.2) is 24.3 Å². The van der Waals surface area contributed by atoms with Crippen molar-refractivity contribution >= 4 is 17.4 Å². The van der Waals surface area contributed by atoms with Gasteiger partial charge in [-0.25, -0.2) is 0 Å². The van der Waals surface area contributed by atoms with E-state index in [0.717, 1.165) is 12.4 Å². The van der Waals surface area contributed by atoms with Crippen LogP contribution < -0.4 is 5.32 Å². The predicted octanol–water partition coefficient (Wildman–Crippen LogP) is 0.615. The van der Waals surface area contributed by atoms with Crippen molar-refractivity contribution in [1.82, 2.24) is 5.32 Å². The van der Waals surface area contributed by atoms with Crippen molar-refractivity contribution in [2.24, 2.45) is 4.99 Å². The quantitative estimate of drug-likeness (QED) is 0.520. The van der Waals surface area contributed by atoms with Gasteiger partial charge in [0, 0.05) is 6.04 Å². The fraction of sp³-hybridized carbons (Fsp3) is 0.800. The molecule has 0 aromatic carbocycles. The van der Waals surface area contributed by atoms with Gasteiger partial charge in [-0.05, 0) is 6.92 Å². The summed E-state index contributed by atoms with van der Waals surface area (Å²) in [4.78, 5) is 4.11. The van der Waals surface area contributed by atoms with Crippen molar-refractivity contribution in [2.75, 3.05) is 12.4 Å². The van der Waals surface area contributed by atoms with Crippen molar-refractivity contribution in [1.29, 1.82) is 0 Å². The largest absolute Gasteiger partial charge is 0.369 e. The van der Waals surface area contributed by atoms with Gasteiger partial charge in [0.05, 0.1) is 12.4 Å². The third-order valence-corrected chi connectivity index (χ3v) is 1.35. The molecule has 1 aliphatic heterocycles. The van der Waals surface area contributed by atoms with E-state index in [1.54, 1.807) is 0 Å². The standard InChI is InChI=1S/C5H9ClN2/c1-4-3-7-5(2-6)8-4/h4H,2-3H2,1H3,(H,7,8). The molecule has 0 aromatic rings. The van der Waals surface area contributed by atoms with Crippen LogP contribution in [0.4, 0.5) is 0 Å². The Morgan fingerprint density at radius 3 is 3.00 bits per heavy atom. The molecule has 1 rings (SSSR count). The Balaban J connectivity index is 2.37. The number of aliphatic imine (C=N–C) groups is 1. The molecule has 1 heterocycles. The Kier molecular flexibility index (Phi) is 1.73. The highest BCUT2D eigenvalue weighted by Gasteiger charge is 2.09. The van der Waals surface area contributed by atoms with E-state index < -0.39 is 0 Å². The summed E-state index contributed by atoms with van der Waals surface area (Å²) in [5.41, 5.74) is 0. The molecule has 3 heteroatoms. The molecule has 0 aliphatic carbocycles. The molecule has 0 saturated heterocycles. The second kappa shape index (κ2) is 2.35. The summed E-state index contributed by atoms with van der Waals surface area (Å²) >= 11 is 5.48. The first-order valence-corrected chi connectivity index (χ1v) is 3.22. The molecule has 1 aliphatic rings. The predicted molar refractivity (Wildman–Crippen MR) is 35.6 cm³/mol. The van der Waals surface area contributed by atoms with Crippen molar-refractivity contribution in [3.8, 4) is 0 Å². The van der Waals surface area contributed by atoms with E-state index in [4.69, 9.17) is 11.6 Å². The lowest BCUT2D eigenvalue weighted by Gasteiger charge is -2.00. The van der Waals surface area contributed by atoms with Crippen LogP contribution in [0.15, 0.2) is 4.99 Å². The topological polar surface area (TPSA) is 24.4 Å². The van der Waals surface area contributed by atoms with E-state index in [1.165, 1.54) is 0 Å². The number of nitrogens with zero attached hydrogens (tertiary/aromatic N) is 1. The zero-order chi connectivity index (χ0) is 5.98. The Morgan fingerprint density at radius 1 is 2.00 bits per heavy atom. The van der Waals surface area contributed by atoms with Crippen LogP contribution in [0, 0.1) is 0 Å². The molecule has 1 N–H and O–H groups in total. The summed E-state index contributed by atoms with van der Waals surface area (Å²) in [6.07, 6.45) is 0. The SMILES string of the molecule is CC1CN=C(CCl)N1. The minimum Gasteiger partial charge on any atom is -0.369 e. The van der Waals surface area contributed by atoms with Crippen LogP contribution in [0.5, 0.6) is 0 Å². The van der Waals surface area contributed by atoms with E-state index in [1.807, 2.05) is 0 Å². The normalized spacial score (nSPS) is 27.2. The first-order valence-electron chi connectivity index (χ1n) is 2.68. The highest BCUT2D eigenvalue weighted by molar-refractivity contribution is 6.28. The van der Waals surface area contributed by atoms with Crippen molar-refractivity contribution in [3.05, 3.63) is 0 Å². The Morgan fingerprint density at radius 2 is 2.75 bits per heavy atom. The highest BCUT2D eigenvalue weighted by atomic mass is 35.5. The van der Waals surface area contributed by atoms with Crippen LogP contribution in [0.2, 0.25) is 0 Å². The van der Waals surface area contributed by atoms with Crippen LogP contribution in [0.3, 0.4) is 0 Å². The summed E-state index contributed by atoms with van der Waals surface area (Å²) in [6.45, 7) is 2.96. The zero-order valence-electron chi connectivity index (χ0n) is 4.82. The van der Waals surface area contributed by atoms with Crippen LogP contribution in [-0.2, 0) is 0 Å². The molecular weight excluding hydrogens is 124 g/mol. The fourth-order valence-corrected chi connectivity index (χ4v) is 0.865. The van der Waals surface area contributed by atoms with E-state index in [9.17, 15) is 0 Å². The van der Waals surface area contributed by atoms with Gasteiger partial charge < -0.3 is 5.32 Å². The monoisotopic (exact) mass is 132 g/mol. The molecule has 0 saturated carbocycles. The molecule has 8 heavy (non-hydrogen) atoms. The molecule has 1 atom stereocenters. The molecule has 2 nitrogen and oxygen atoms in total. The van der Waals surface area contributed by atoms with Gasteiger partial charge in [-0.3, -0.25) is 4.99 Å². The van der Waals surface area contributed by atoms with E-state index in [2.05, 4.69) is 17.2 Å². The fourth-order valence-electron chi connectivity index (χ4n) is 0.704. The maximum Gasteiger partial charge on any atom is 0.112 e. The number of hydrogen-bond donors (Lipinski definition) is 1. The Labute approximate surface area is 53.9 Å². The molecule has 0 bridgehead atoms. The molecule has 0 radical (unpaired) electrons. The summed E-state index contributed by atoms with van der Waals surface area (Å²) in [5, 5.41) is 3.12. The number of hydrogen-bond acceptors (Lipinski definition) is 2. The number of amidine groups is 1. The highest BCUT2D eigenvalue weighted by Crippen LogP contribution is 1.94. The van der Waals surface area contributed by atoms with E-state index in [0.29, 0.717) is 11.9 Å². The first-order chi connectivity index (χ1) is 3.83. The zero-order valence-corrected chi connectivity index (χ0v) is 5.57. The van der Waals surface area contributed by atoms with Gasteiger partial charge >= 0.3 is 0 Å². The lowest BCUT2D eigenvalue weighted by Crippen LogP contribution is -2.27. The summed E-state index contributed by atoms with van der Waals surface area (Å²) in [6, 6.07) is 0.490. The molecule has 0 amide bonds. The van der Waals surface area contributed by atoms with Gasteiger partial charge in [-0.2, -0.15) is 0 Å². The summed E-state index contributed by atoms with van der Waals surface area (Å²) in [7, 11) is 0. The second-order valence-electron chi connectivity index (χ2n) is 1.97. The molecule has 1 unspecified atom stereocenters. The van der Waals surface area contributed by atoms with Gasteiger partial charge in [-0.1, -0.05) is 0 Å². The number of nitrogens with one attached hydrogen (secondary N) is 1. The van der Waals surface area contributed by atoms with Crippen molar-refractivity contribution < 1.29 is 0 Å². The number of alkyl halides is 1. The maximum absolute atomic E-state index is 5.48. The van der Waals surface area contributed by atoms with Gasteiger partial charge in [0.1, 0.15) is 5.84 Å². The van der Waals surface area contributed by atoms with Crippen LogP contribution >= 0.6 is 11.6 Å². The van der Waals surface area contributed by atoms with Gasteiger partial charge in [0.15, 0.2) is 0 Å². The maximum atomic E-state index is 5.48. The van der Waals surface area contributed by atoms with Crippen LogP contribution in [0.1, 0.15) is 6.92 Å². The Hall–Kier alpha value is -0.240. The number of rotatable bonds is 1. The molecule has 0 fully saturated rings. The van der Waals surface area contributed by atoms with Gasteiger partial charge in [-0.15, -0.1) is 11.6 Å². The lowest BCUT2D eigenvalue weighted by molar-refractivity contribution is 0.725. The second-order valence-corrected chi connectivity index (χ2v) is 2.23. The van der Waals surface area contributed by atoms with Crippen molar-refractivity contribution in [2.45, 2.75) is 13.0 Å². The van der Waals surface area contributed by atoms with Crippen LogP contribution in [0.25, 0.3) is 0 Å². The molecule has 0 aromatic heterocycles. The third-order valence-electron chi connectivity index (χ3n) is 1.10. The van der Waals surface area contributed by atoms with Gasteiger partial charge in [0.25, 0.3) is 0 Å². The van der Waals surface area contributed by atoms with Crippen molar-refractivity contribution in [3.63, 3.8) is 0 Å². The molecule has 46 valence electrons. The summed E-state index contributed by atoms with van der Waals surface area (Å²) in [5.74, 6) is 1.45. The smallest absolute Gasteiger partial charge is 0.112 e. The van der Waals surface area contributed by atoms with E-state index >= 15 is 0 Å². The summed E-state index contributed by atoms with van der Waals surface area (Å²) < 4.78 is 0. The van der Waals surface area contributed by atoms with E-state index in [-0.39, 0.29) is 0 Å². The minimum atomic E-state index is 0.490. The average molecular weight is 133 g/mol. The lowest BCUT2D eigenvalue weighted by atomic mass is 10.4. The minimum absolute atomic E-state index is 0.490. The average Bonchev–Trinajstić information content (AvgIpc) is 2.14. The first kappa shape index (κ1) is 5.89. The molecular formula is C5H9ClN2. The third kappa shape index (κ3) is 1.13. The molecule has 0 spiro atoms. The number of halogens is 1. The van der Waals surface area contributed by atoms with Gasteiger partial charge in [0.2, 0.25) is 0 Å². The Bertz CT molecular complexity index is 111.